The van der Waals surface area contributed by atoms with Gasteiger partial charge in [-0.2, -0.15) is 11.8 Å². The Morgan fingerprint density at radius 1 is 1.15 bits per heavy atom. The maximum Gasteiger partial charge on any atom is 0.223 e. The molecule has 1 aliphatic heterocycles. The monoisotopic (exact) mass is 199 g/mol. The Hall–Kier alpha value is -0.180. The van der Waals surface area contributed by atoms with Crippen LogP contribution < -0.4 is 5.32 Å². The van der Waals surface area contributed by atoms with E-state index in [1.54, 1.807) is 0 Å². The lowest BCUT2D eigenvalue weighted by molar-refractivity contribution is -0.126. The van der Waals surface area contributed by atoms with Crippen LogP contribution in [0.4, 0.5) is 0 Å². The molecule has 0 aromatic carbocycles. The molecule has 2 fully saturated rings. The number of amides is 1. The molecular weight excluding hydrogens is 182 g/mol. The average molecular weight is 199 g/mol. The zero-order valence-corrected chi connectivity index (χ0v) is 8.74. The second-order valence-electron chi connectivity index (χ2n) is 4.02. The standard InChI is InChI=1S/C10H17NOS/c12-10(11-9-2-1-3-9)8-4-6-13-7-5-8/h8-9H,1-7H2,(H,11,12). The first-order valence-corrected chi connectivity index (χ1v) is 6.40. The Balaban J connectivity index is 1.74. The number of carbonyl (C=O) groups is 1. The first kappa shape index (κ1) is 9.38. The van der Waals surface area contributed by atoms with Crippen molar-refractivity contribution in [1.29, 1.82) is 0 Å². The summed E-state index contributed by atoms with van der Waals surface area (Å²) in [7, 11) is 0. The van der Waals surface area contributed by atoms with Crippen molar-refractivity contribution in [2.45, 2.75) is 38.1 Å². The van der Waals surface area contributed by atoms with Gasteiger partial charge in [0, 0.05) is 12.0 Å². The maximum absolute atomic E-state index is 11.7. The van der Waals surface area contributed by atoms with Crippen LogP contribution >= 0.6 is 11.8 Å². The van der Waals surface area contributed by atoms with E-state index in [9.17, 15) is 4.79 Å². The van der Waals surface area contributed by atoms with Gasteiger partial charge in [0.05, 0.1) is 0 Å². The maximum atomic E-state index is 11.7. The van der Waals surface area contributed by atoms with Gasteiger partial charge in [-0.1, -0.05) is 0 Å². The molecular formula is C10H17NOS. The van der Waals surface area contributed by atoms with Crippen molar-refractivity contribution >= 4 is 17.7 Å². The minimum absolute atomic E-state index is 0.321. The van der Waals surface area contributed by atoms with E-state index in [-0.39, 0.29) is 0 Å². The second-order valence-corrected chi connectivity index (χ2v) is 5.25. The summed E-state index contributed by atoms with van der Waals surface area (Å²) in [5.74, 6) is 2.98. The summed E-state index contributed by atoms with van der Waals surface area (Å²) in [6.07, 6.45) is 5.87. The van der Waals surface area contributed by atoms with Gasteiger partial charge in [-0.3, -0.25) is 4.79 Å². The summed E-state index contributed by atoms with van der Waals surface area (Å²) >= 11 is 1.97. The molecule has 1 N–H and O–H groups in total. The van der Waals surface area contributed by atoms with Gasteiger partial charge in [0.15, 0.2) is 0 Å². The molecule has 2 nitrogen and oxygen atoms in total. The molecule has 0 unspecified atom stereocenters. The first-order valence-electron chi connectivity index (χ1n) is 5.24. The van der Waals surface area contributed by atoms with Crippen LogP contribution in [0.1, 0.15) is 32.1 Å². The third-order valence-corrected chi connectivity index (χ3v) is 4.09. The van der Waals surface area contributed by atoms with Gasteiger partial charge in [-0.25, -0.2) is 0 Å². The van der Waals surface area contributed by atoms with Crippen LogP contribution in [0, 0.1) is 5.92 Å². The Kier molecular flexibility index (Phi) is 3.14. The minimum atomic E-state index is 0.321. The smallest absolute Gasteiger partial charge is 0.223 e. The van der Waals surface area contributed by atoms with Crippen LogP contribution in [-0.2, 0) is 4.79 Å². The van der Waals surface area contributed by atoms with Crippen molar-refractivity contribution in [2.24, 2.45) is 5.92 Å². The molecule has 1 saturated heterocycles. The molecule has 1 heterocycles. The molecule has 0 bridgehead atoms. The van der Waals surface area contributed by atoms with Gasteiger partial charge in [0.1, 0.15) is 0 Å². The third-order valence-electron chi connectivity index (χ3n) is 3.04. The summed E-state index contributed by atoms with van der Waals surface area (Å²) < 4.78 is 0. The van der Waals surface area contributed by atoms with Crippen LogP contribution in [0.25, 0.3) is 0 Å². The Bertz CT molecular complexity index is 185. The normalized spacial score (nSPS) is 25.2. The van der Waals surface area contributed by atoms with E-state index in [0.29, 0.717) is 17.9 Å². The zero-order chi connectivity index (χ0) is 9.10. The van der Waals surface area contributed by atoms with Crippen LogP contribution in [0.15, 0.2) is 0 Å². The number of thioether (sulfide) groups is 1. The minimum Gasteiger partial charge on any atom is -0.353 e. The number of carbonyl (C=O) groups excluding carboxylic acids is 1. The van der Waals surface area contributed by atoms with Crippen LogP contribution in [0.2, 0.25) is 0 Å². The highest BCUT2D eigenvalue weighted by Crippen LogP contribution is 2.24. The van der Waals surface area contributed by atoms with Crippen molar-refractivity contribution in [2.75, 3.05) is 11.5 Å². The fourth-order valence-corrected chi connectivity index (χ4v) is 2.94. The Morgan fingerprint density at radius 3 is 2.38 bits per heavy atom. The van der Waals surface area contributed by atoms with Crippen molar-refractivity contribution in [3.8, 4) is 0 Å². The van der Waals surface area contributed by atoms with Crippen LogP contribution in [0.5, 0.6) is 0 Å². The van der Waals surface area contributed by atoms with Gasteiger partial charge >= 0.3 is 0 Å². The predicted molar refractivity (Wildman–Crippen MR) is 55.8 cm³/mol. The highest BCUT2D eigenvalue weighted by Gasteiger charge is 2.25. The topological polar surface area (TPSA) is 29.1 Å². The molecule has 0 spiro atoms. The predicted octanol–water partition coefficient (Wildman–Crippen LogP) is 1.80. The van der Waals surface area contributed by atoms with Gasteiger partial charge in [-0.15, -0.1) is 0 Å². The molecule has 3 heteroatoms. The highest BCUT2D eigenvalue weighted by atomic mass is 32.2. The zero-order valence-electron chi connectivity index (χ0n) is 7.92. The molecule has 74 valence electrons. The van der Waals surface area contributed by atoms with E-state index < -0.39 is 0 Å². The van der Waals surface area contributed by atoms with E-state index in [0.717, 1.165) is 12.8 Å². The molecule has 0 radical (unpaired) electrons. The van der Waals surface area contributed by atoms with Crippen molar-refractivity contribution in [3.63, 3.8) is 0 Å². The summed E-state index contributed by atoms with van der Waals surface area (Å²) in [6.45, 7) is 0. The third kappa shape index (κ3) is 2.39. The fourth-order valence-electron chi connectivity index (χ4n) is 1.83. The largest absolute Gasteiger partial charge is 0.353 e. The average Bonchev–Trinajstić information content (AvgIpc) is 2.12. The summed E-state index contributed by atoms with van der Waals surface area (Å²) in [6, 6.07) is 0.516. The highest BCUT2D eigenvalue weighted by molar-refractivity contribution is 7.99. The van der Waals surface area contributed by atoms with Crippen LogP contribution in [0.3, 0.4) is 0 Å². The van der Waals surface area contributed by atoms with Crippen molar-refractivity contribution in [1.82, 2.24) is 5.32 Å². The van der Waals surface area contributed by atoms with Gasteiger partial charge in [0.2, 0.25) is 5.91 Å². The lowest BCUT2D eigenvalue weighted by Gasteiger charge is -2.29. The number of nitrogens with one attached hydrogen (secondary N) is 1. The van der Waals surface area contributed by atoms with Gasteiger partial charge in [0.25, 0.3) is 0 Å². The fraction of sp³-hybridized carbons (Fsp3) is 0.900. The number of hydrogen-bond donors (Lipinski definition) is 1. The summed E-state index contributed by atoms with van der Waals surface area (Å²) in [5.41, 5.74) is 0. The molecule has 1 saturated carbocycles. The lowest BCUT2D eigenvalue weighted by Crippen LogP contribution is -2.43. The Labute approximate surface area is 83.8 Å². The molecule has 0 aromatic heterocycles. The molecule has 0 aromatic rings. The number of rotatable bonds is 2. The van der Waals surface area contributed by atoms with Crippen molar-refractivity contribution < 1.29 is 4.79 Å². The van der Waals surface area contributed by atoms with Gasteiger partial charge < -0.3 is 5.32 Å². The second kappa shape index (κ2) is 4.36. The number of hydrogen-bond acceptors (Lipinski definition) is 2. The molecule has 13 heavy (non-hydrogen) atoms. The molecule has 2 rings (SSSR count). The molecule has 0 atom stereocenters. The van der Waals surface area contributed by atoms with E-state index in [1.165, 1.54) is 30.8 Å². The molecule has 2 aliphatic rings. The quantitative estimate of drug-likeness (QED) is 0.734. The van der Waals surface area contributed by atoms with Crippen molar-refractivity contribution in [3.05, 3.63) is 0 Å². The van der Waals surface area contributed by atoms with E-state index >= 15 is 0 Å². The van der Waals surface area contributed by atoms with Crippen LogP contribution in [-0.4, -0.2) is 23.5 Å². The summed E-state index contributed by atoms with van der Waals surface area (Å²) in [4.78, 5) is 11.7. The lowest BCUT2D eigenvalue weighted by atomic mass is 9.92. The van der Waals surface area contributed by atoms with E-state index in [1.807, 2.05) is 11.8 Å². The molecule has 1 amide bonds. The Morgan fingerprint density at radius 2 is 1.85 bits per heavy atom. The van der Waals surface area contributed by atoms with E-state index in [4.69, 9.17) is 0 Å². The van der Waals surface area contributed by atoms with E-state index in [2.05, 4.69) is 5.32 Å². The summed E-state index contributed by atoms with van der Waals surface area (Å²) in [5, 5.41) is 3.14. The van der Waals surface area contributed by atoms with Gasteiger partial charge in [-0.05, 0) is 43.6 Å². The first-order chi connectivity index (χ1) is 6.36. The molecule has 1 aliphatic carbocycles. The SMILES string of the molecule is O=C(NC1CCC1)C1CCSCC1.